The monoisotopic (exact) mass is 486 g/mol. The summed E-state index contributed by atoms with van der Waals surface area (Å²) in [5.41, 5.74) is 6.23. The standard InChI is InChI=1S/C26H25F3N2O4/c27-26(28,29)18-8-5-15(6-9-18)14-35-23-20-12-10-19(30)13-17(20)7-11-21(23)24(32)31-22(25(33)34)16-3-1-2-4-16/h5-13,16,22H,1-4,14,30H2,(H,31,32)(H,33,34)/t22-/m0/s1. The number of nitrogens with two attached hydrogens (primary N) is 1. The number of halogens is 3. The van der Waals surface area contributed by atoms with Crippen LogP contribution in [0, 0.1) is 5.92 Å². The van der Waals surface area contributed by atoms with Crippen molar-refractivity contribution in [2.45, 2.75) is 44.5 Å². The van der Waals surface area contributed by atoms with E-state index in [4.69, 9.17) is 10.5 Å². The van der Waals surface area contributed by atoms with Crippen LogP contribution in [0.15, 0.2) is 54.6 Å². The molecule has 35 heavy (non-hydrogen) atoms. The van der Waals surface area contributed by atoms with Gasteiger partial charge < -0.3 is 20.9 Å². The van der Waals surface area contributed by atoms with Crippen molar-refractivity contribution in [3.63, 3.8) is 0 Å². The van der Waals surface area contributed by atoms with E-state index in [0.717, 1.165) is 37.8 Å². The molecule has 9 heteroatoms. The number of nitrogens with one attached hydrogen (secondary N) is 1. The fraction of sp³-hybridized carbons (Fsp3) is 0.308. The van der Waals surface area contributed by atoms with Crippen LogP contribution < -0.4 is 15.8 Å². The molecular formula is C26H25F3N2O4. The minimum atomic E-state index is -4.44. The Bertz CT molecular complexity index is 1240. The van der Waals surface area contributed by atoms with Crippen LogP contribution in [0.25, 0.3) is 10.8 Å². The first-order valence-electron chi connectivity index (χ1n) is 11.3. The number of carbonyl (C=O) groups is 2. The predicted octanol–water partition coefficient (Wildman–Crippen LogP) is 5.39. The number of aliphatic carboxylic acids is 1. The molecule has 0 saturated heterocycles. The minimum absolute atomic E-state index is 0.0904. The van der Waals surface area contributed by atoms with Gasteiger partial charge >= 0.3 is 12.1 Å². The summed E-state index contributed by atoms with van der Waals surface area (Å²) in [4.78, 5) is 25.1. The van der Waals surface area contributed by atoms with Crippen LogP contribution in [-0.4, -0.2) is 23.0 Å². The number of carbonyl (C=O) groups excluding carboxylic acids is 1. The molecule has 1 aliphatic carbocycles. The number of ether oxygens (including phenoxy) is 1. The highest BCUT2D eigenvalue weighted by Gasteiger charge is 2.33. The van der Waals surface area contributed by atoms with Gasteiger partial charge in [0, 0.05) is 11.1 Å². The molecule has 3 aromatic carbocycles. The Morgan fingerprint density at radius 3 is 2.37 bits per heavy atom. The molecule has 6 nitrogen and oxygen atoms in total. The second-order valence-corrected chi connectivity index (χ2v) is 8.74. The molecule has 0 radical (unpaired) electrons. The molecule has 1 saturated carbocycles. The lowest BCUT2D eigenvalue weighted by molar-refractivity contribution is -0.140. The summed E-state index contributed by atoms with van der Waals surface area (Å²) in [7, 11) is 0. The van der Waals surface area contributed by atoms with Crippen LogP contribution >= 0.6 is 0 Å². The van der Waals surface area contributed by atoms with Gasteiger partial charge in [-0.05, 0) is 66.1 Å². The summed E-state index contributed by atoms with van der Waals surface area (Å²) in [5, 5.41) is 13.6. The van der Waals surface area contributed by atoms with Crippen molar-refractivity contribution in [2.24, 2.45) is 5.92 Å². The van der Waals surface area contributed by atoms with E-state index < -0.39 is 29.7 Å². The third-order valence-corrected chi connectivity index (χ3v) is 6.33. The van der Waals surface area contributed by atoms with Crippen molar-refractivity contribution in [3.05, 3.63) is 71.3 Å². The highest BCUT2D eigenvalue weighted by atomic mass is 19.4. The molecular weight excluding hydrogens is 461 g/mol. The quantitative estimate of drug-likeness (QED) is 0.389. The van der Waals surface area contributed by atoms with E-state index in [0.29, 0.717) is 22.0 Å². The van der Waals surface area contributed by atoms with E-state index in [-0.39, 0.29) is 23.8 Å². The number of amides is 1. The molecule has 4 N–H and O–H groups in total. The molecule has 3 aromatic rings. The molecule has 0 spiro atoms. The number of hydrogen-bond acceptors (Lipinski definition) is 4. The summed E-state index contributed by atoms with van der Waals surface area (Å²) < 4.78 is 44.6. The SMILES string of the molecule is Nc1ccc2c(OCc3ccc(C(F)(F)F)cc3)c(C(=O)N[C@H](C(=O)O)C3CCCC3)ccc2c1. The molecule has 1 amide bonds. The topological polar surface area (TPSA) is 102 Å². The molecule has 0 aromatic heterocycles. The number of carboxylic acids is 1. The Morgan fingerprint density at radius 2 is 1.74 bits per heavy atom. The molecule has 0 bridgehead atoms. The van der Waals surface area contributed by atoms with Crippen molar-refractivity contribution in [1.82, 2.24) is 5.32 Å². The van der Waals surface area contributed by atoms with Crippen LogP contribution in [0.5, 0.6) is 5.75 Å². The number of nitrogen functional groups attached to an aromatic ring is 1. The number of hydrogen-bond donors (Lipinski definition) is 3. The Kier molecular flexibility index (Phi) is 6.86. The van der Waals surface area contributed by atoms with Gasteiger partial charge in [0.1, 0.15) is 18.4 Å². The number of rotatable bonds is 7. The first kappa shape index (κ1) is 24.4. The lowest BCUT2D eigenvalue weighted by Crippen LogP contribution is -2.45. The van der Waals surface area contributed by atoms with Crippen molar-refractivity contribution < 1.29 is 32.6 Å². The van der Waals surface area contributed by atoms with Crippen LogP contribution in [0.3, 0.4) is 0 Å². The third-order valence-electron chi connectivity index (χ3n) is 6.33. The molecule has 4 rings (SSSR count). The first-order valence-corrected chi connectivity index (χ1v) is 11.3. The highest BCUT2D eigenvalue weighted by Crippen LogP contribution is 2.34. The minimum Gasteiger partial charge on any atom is -0.487 e. The molecule has 0 aliphatic heterocycles. The maximum Gasteiger partial charge on any atom is 0.416 e. The lowest BCUT2D eigenvalue weighted by atomic mass is 9.97. The Balaban J connectivity index is 1.64. The van der Waals surface area contributed by atoms with Crippen LogP contribution in [0.1, 0.15) is 47.2 Å². The molecule has 1 fully saturated rings. The highest BCUT2D eigenvalue weighted by molar-refractivity contribution is 6.05. The van der Waals surface area contributed by atoms with Gasteiger partial charge in [0.2, 0.25) is 0 Å². The summed E-state index contributed by atoms with van der Waals surface area (Å²) in [6, 6.07) is 11.8. The second-order valence-electron chi connectivity index (χ2n) is 8.74. The lowest BCUT2D eigenvalue weighted by Gasteiger charge is -2.22. The number of benzene rings is 3. The third kappa shape index (κ3) is 5.50. The van der Waals surface area contributed by atoms with Crippen molar-refractivity contribution in [3.8, 4) is 5.75 Å². The van der Waals surface area contributed by atoms with E-state index in [1.54, 1.807) is 24.3 Å². The van der Waals surface area contributed by atoms with Gasteiger partial charge in [0.25, 0.3) is 5.91 Å². The normalized spacial score (nSPS) is 15.2. The Hall–Kier alpha value is -3.75. The Morgan fingerprint density at radius 1 is 1.06 bits per heavy atom. The number of alkyl halides is 3. The van der Waals surface area contributed by atoms with E-state index in [1.807, 2.05) is 0 Å². The van der Waals surface area contributed by atoms with Crippen LogP contribution in [0.2, 0.25) is 0 Å². The summed E-state index contributed by atoms with van der Waals surface area (Å²) in [5.74, 6) is -1.62. The number of anilines is 1. The van der Waals surface area contributed by atoms with E-state index in [2.05, 4.69) is 5.32 Å². The van der Waals surface area contributed by atoms with Crippen molar-refractivity contribution in [2.75, 3.05) is 5.73 Å². The molecule has 1 aliphatic rings. The molecule has 1 atom stereocenters. The summed E-state index contributed by atoms with van der Waals surface area (Å²) in [6.45, 7) is -0.0904. The number of fused-ring (bicyclic) bond motifs is 1. The van der Waals surface area contributed by atoms with E-state index >= 15 is 0 Å². The Labute approximate surface area is 199 Å². The van der Waals surface area contributed by atoms with E-state index in [1.165, 1.54) is 18.2 Å². The zero-order valence-corrected chi connectivity index (χ0v) is 18.8. The average Bonchev–Trinajstić information content (AvgIpc) is 3.34. The first-order chi connectivity index (χ1) is 16.6. The largest absolute Gasteiger partial charge is 0.487 e. The zero-order chi connectivity index (χ0) is 25.2. The van der Waals surface area contributed by atoms with Gasteiger partial charge in [0.05, 0.1) is 11.1 Å². The number of carboxylic acid groups (broad SMARTS) is 1. The van der Waals surface area contributed by atoms with Crippen molar-refractivity contribution in [1.29, 1.82) is 0 Å². The van der Waals surface area contributed by atoms with Gasteiger partial charge in [-0.1, -0.05) is 31.0 Å². The van der Waals surface area contributed by atoms with Gasteiger partial charge in [-0.3, -0.25) is 4.79 Å². The average molecular weight is 486 g/mol. The van der Waals surface area contributed by atoms with Crippen LogP contribution in [-0.2, 0) is 17.6 Å². The molecule has 184 valence electrons. The second kappa shape index (κ2) is 9.85. The van der Waals surface area contributed by atoms with Gasteiger partial charge in [-0.2, -0.15) is 13.2 Å². The van der Waals surface area contributed by atoms with Crippen molar-refractivity contribution >= 4 is 28.3 Å². The molecule has 0 heterocycles. The fourth-order valence-electron chi connectivity index (χ4n) is 4.49. The summed E-state index contributed by atoms with van der Waals surface area (Å²) in [6.07, 6.45) is -1.15. The van der Waals surface area contributed by atoms with Gasteiger partial charge in [0.15, 0.2) is 0 Å². The van der Waals surface area contributed by atoms with Crippen LogP contribution in [0.4, 0.5) is 18.9 Å². The maximum atomic E-state index is 13.2. The predicted molar refractivity (Wildman–Crippen MR) is 125 cm³/mol. The fourth-order valence-corrected chi connectivity index (χ4v) is 4.49. The van der Waals surface area contributed by atoms with Gasteiger partial charge in [-0.15, -0.1) is 0 Å². The zero-order valence-electron chi connectivity index (χ0n) is 18.8. The maximum absolute atomic E-state index is 13.2. The van der Waals surface area contributed by atoms with Gasteiger partial charge in [-0.25, -0.2) is 4.79 Å². The molecule has 0 unspecified atom stereocenters. The summed E-state index contributed by atoms with van der Waals surface area (Å²) >= 11 is 0. The smallest absolute Gasteiger partial charge is 0.416 e. The van der Waals surface area contributed by atoms with E-state index in [9.17, 15) is 27.9 Å².